The van der Waals surface area contributed by atoms with Crippen LogP contribution in [-0.2, 0) is 11.3 Å². The minimum Gasteiger partial charge on any atom is -0.376 e. The van der Waals surface area contributed by atoms with Gasteiger partial charge in [0.25, 0.3) is 0 Å². The molecule has 1 aromatic carbocycles. The van der Waals surface area contributed by atoms with E-state index < -0.39 is 0 Å². The number of carbonyl (C=O) groups is 1. The third-order valence-corrected chi connectivity index (χ3v) is 6.49. The van der Waals surface area contributed by atoms with E-state index in [9.17, 15) is 4.79 Å². The number of benzene rings is 1. The minimum atomic E-state index is 0.139. The Balaban J connectivity index is 1.51. The zero-order valence-corrected chi connectivity index (χ0v) is 17.5. The van der Waals surface area contributed by atoms with Crippen LogP contribution >= 0.6 is 11.8 Å². The monoisotopic (exact) mass is 400 g/mol. The molecule has 2 fully saturated rings. The van der Waals surface area contributed by atoms with Crippen LogP contribution in [0, 0.1) is 13.8 Å². The van der Waals surface area contributed by atoms with Gasteiger partial charge in [0.2, 0.25) is 5.95 Å². The van der Waals surface area contributed by atoms with Crippen LogP contribution in [0.25, 0.3) is 0 Å². The van der Waals surface area contributed by atoms with Gasteiger partial charge in [0.05, 0.1) is 18.4 Å². The maximum Gasteiger partial charge on any atom is 0.228 e. The summed E-state index contributed by atoms with van der Waals surface area (Å²) >= 11 is 1.49. The van der Waals surface area contributed by atoms with Gasteiger partial charge in [-0.3, -0.25) is 9.36 Å². The molecule has 6 nitrogen and oxygen atoms in total. The molecule has 1 atom stereocenters. The lowest BCUT2D eigenvalue weighted by molar-refractivity contribution is 0.0952. The summed E-state index contributed by atoms with van der Waals surface area (Å²) in [4.78, 5) is 15.1. The zero-order valence-electron chi connectivity index (χ0n) is 16.7. The molecule has 0 spiro atoms. The Bertz CT molecular complexity index is 839. The molecule has 2 aliphatic heterocycles. The van der Waals surface area contributed by atoms with Crippen LogP contribution in [0.4, 0.5) is 5.95 Å². The molecule has 3 heterocycles. The van der Waals surface area contributed by atoms with E-state index in [-0.39, 0.29) is 11.9 Å². The van der Waals surface area contributed by atoms with E-state index in [0.29, 0.717) is 5.75 Å². The average Bonchev–Trinajstić information content (AvgIpc) is 3.44. The van der Waals surface area contributed by atoms with Gasteiger partial charge in [-0.1, -0.05) is 29.5 Å². The molecule has 0 saturated carbocycles. The third-order valence-electron chi connectivity index (χ3n) is 5.52. The number of hydrogen-bond donors (Lipinski definition) is 0. The van der Waals surface area contributed by atoms with Crippen LogP contribution in [0.1, 0.15) is 47.2 Å². The molecule has 0 radical (unpaired) electrons. The summed E-state index contributed by atoms with van der Waals surface area (Å²) in [6.07, 6.45) is 4.79. The van der Waals surface area contributed by atoms with Crippen molar-refractivity contribution < 1.29 is 9.53 Å². The summed E-state index contributed by atoms with van der Waals surface area (Å²) in [5, 5.41) is 9.72. The van der Waals surface area contributed by atoms with E-state index in [0.717, 1.165) is 66.9 Å². The van der Waals surface area contributed by atoms with Crippen molar-refractivity contribution in [3.63, 3.8) is 0 Å². The number of thioether (sulfide) groups is 1. The highest BCUT2D eigenvalue weighted by atomic mass is 32.2. The fourth-order valence-electron chi connectivity index (χ4n) is 3.93. The maximum absolute atomic E-state index is 12.8. The first-order chi connectivity index (χ1) is 13.6. The molecule has 7 heteroatoms. The van der Waals surface area contributed by atoms with Gasteiger partial charge in [-0.25, -0.2) is 0 Å². The third kappa shape index (κ3) is 4.25. The molecule has 0 bridgehead atoms. The predicted octanol–water partition coefficient (Wildman–Crippen LogP) is 3.65. The van der Waals surface area contributed by atoms with Gasteiger partial charge in [0.15, 0.2) is 10.9 Å². The Morgan fingerprint density at radius 1 is 1.21 bits per heavy atom. The zero-order chi connectivity index (χ0) is 19.5. The van der Waals surface area contributed by atoms with Crippen LogP contribution in [0.15, 0.2) is 23.4 Å². The van der Waals surface area contributed by atoms with Crippen molar-refractivity contribution in [2.24, 2.45) is 0 Å². The lowest BCUT2D eigenvalue weighted by Crippen LogP contribution is -2.25. The highest BCUT2D eigenvalue weighted by Gasteiger charge is 2.25. The second-order valence-electron chi connectivity index (χ2n) is 7.75. The first-order valence-electron chi connectivity index (χ1n) is 10.1. The number of hydrogen-bond acceptors (Lipinski definition) is 6. The molecular formula is C21H28N4O2S. The Hall–Kier alpha value is -1.86. The number of anilines is 1. The largest absolute Gasteiger partial charge is 0.376 e. The summed E-state index contributed by atoms with van der Waals surface area (Å²) in [7, 11) is 0. The van der Waals surface area contributed by atoms with Crippen LogP contribution in [-0.4, -0.2) is 52.1 Å². The SMILES string of the molecule is Cc1ccc(C)c(C(=O)CSc2nnc(N3CCCC3)n2C[C@@H]2CCCO2)c1. The number of ether oxygens (including phenoxy) is 1. The molecule has 1 aromatic heterocycles. The van der Waals surface area contributed by atoms with Crippen LogP contribution in [0.5, 0.6) is 0 Å². The Morgan fingerprint density at radius 2 is 2.04 bits per heavy atom. The van der Waals surface area contributed by atoms with E-state index in [1.54, 1.807) is 0 Å². The Labute approximate surface area is 170 Å². The molecule has 2 aromatic rings. The molecule has 150 valence electrons. The van der Waals surface area contributed by atoms with E-state index in [1.165, 1.54) is 24.6 Å². The average molecular weight is 401 g/mol. The van der Waals surface area contributed by atoms with Gasteiger partial charge >= 0.3 is 0 Å². The number of Topliss-reactive ketones (excluding diaryl/α,β-unsaturated/α-hetero) is 1. The van der Waals surface area contributed by atoms with Gasteiger partial charge in [0.1, 0.15) is 0 Å². The summed E-state index contributed by atoms with van der Waals surface area (Å²) in [5.41, 5.74) is 2.93. The Kier molecular flexibility index (Phi) is 6.01. The molecule has 2 saturated heterocycles. The first-order valence-corrected chi connectivity index (χ1v) is 11.1. The number of nitrogens with zero attached hydrogens (tertiary/aromatic N) is 4. The Morgan fingerprint density at radius 3 is 2.79 bits per heavy atom. The first kappa shape index (κ1) is 19.5. The molecule has 2 aliphatic rings. The summed E-state index contributed by atoms with van der Waals surface area (Å²) in [6, 6.07) is 6.03. The highest BCUT2D eigenvalue weighted by Crippen LogP contribution is 2.28. The van der Waals surface area contributed by atoms with Gasteiger partial charge in [0, 0.05) is 25.3 Å². The van der Waals surface area contributed by atoms with Crippen molar-refractivity contribution in [1.82, 2.24) is 14.8 Å². The normalized spacial score (nSPS) is 19.5. The van der Waals surface area contributed by atoms with Crippen molar-refractivity contribution in [3.05, 3.63) is 34.9 Å². The minimum absolute atomic E-state index is 0.139. The van der Waals surface area contributed by atoms with E-state index in [1.807, 2.05) is 32.0 Å². The van der Waals surface area contributed by atoms with Crippen molar-refractivity contribution in [3.8, 4) is 0 Å². The standard InChI is InChI=1S/C21H28N4O2S/c1-15-7-8-16(2)18(12-15)19(26)14-28-21-23-22-20(24-9-3-4-10-24)25(21)13-17-6-5-11-27-17/h7-8,12,17H,3-6,9-11,13-14H2,1-2H3/t17-/m0/s1. The maximum atomic E-state index is 12.8. The lowest BCUT2D eigenvalue weighted by Gasteiger charge is -2.20. The lowest BCUT2D eigenvalue weighted by atomic mass is 10.0. The predicted molar refractivity (Wildman–Crippen MR) is 111 cm³/mol. The molecular weight excluding hydrogens is 372 g/mol. The van der Waals surface area contributed by atoms with Crippen molar-refractivity contribution in [1.29, 1.82) is 0 Å². The molecule has 0 aliphatic carbocycles. The topological polar surface area (TPSA) is 60.2 Å². The van der Waals surface area contributed by atoms with Crippen LogP contribution < -0.4 is 4.90 Å². The van der Waals surface area contributed by atoms with Gasteiger partial charge < -0.3 is 9.64 Å². The highest BCUT2D eigenvalue weighted by molar-refractivity contribution is 7.99. The van der Waals surface area contributed by atoms with Crippen molar-refractivity contribution in [2.45, 2.75) is 57.3 Å². The summed E-state index contributed by atoms with van der Waals surface area (Å²) < 4.78 is 8.02. The van der Waals surface area contributed by atoms with Gasteiger partial charge in [-0.05, 0) is 51.2 Å². The number of aromatic nitrogens is 3. The second-order valence-corrected chi connectivity index (χ2v) is 8.70. The summed E-state index contributed by atoms with van der Waals surface area (Å²) in [6.45, 7) is 7.65. The second kappa shape index (κ2) is 8.66. The molecule has 0 unspecified atom stereocenters. The van der Waals surface area contributed by atoms with E-state index in [4.69, 9.17) is 4.74 Å². The molecule has 4 rings (SSSR count). The quantitative estimate of drug-likeness (QED) is 0.522. The van der Waals surface area contributed by atoms with Gasteiger partial charge in [-0.15, -0.1) is 10.2 Å². The molecule has 0 N–H and O–H groups in total. The van der Waals surface area contributed by atoms with Crippen LogP contribution in [0.2, 0.25) is 0 Å². The molecule has 0 amide bonds. The number of rotatable bonds is 7. The van der Waals surface area contributed by atoms with Crippen molar-refractivity contribution in [2.75, 3.05) is 30.3 Å². The van der Waals surface area contributed by atoms with Crippen LogP contribution in [0.3, 0.4) is 0 Å². The number of aryl methyl sites for hydroxylation is 2. The smallest absolute Gasteiger partial charge is 0.228 e. The number of carbonyl (C=O) groups excluding carboxylic acids is 1. The van der Waals surface area contributed by atoms with Crippen molar-refractivity contribution >= 4 is 23.5 Å². The van der Waals surface area contributed by atoms with E-state index >= 15 is 0 Å². The number of ketones is 1. The summed E-state index contributed by atoms with van der Waals surface area (Å²) in [5.74, 6) is 1.43. The molecule has 28 heavy (non-hydrogen) atoms. The fourth-order valence-corrected chi connectivity index (χ4v) is 4.76. The van der Waals surface area contributed by atoms with Gasteiger partial charge in [-0.2, -0.15) is 0 Å². The van der Waals surface area contributed by atoms with E-state index in [2.05, 4.69) is 19.7 Å². The fraction of sp³-hybridized carbons (Fsp3) is 0.571.